The van der Waals surface area contributed by atoms with Gasteiger partial charge in [-0.25, -0.2) is 13.6 Å². The van der Waals surface area contributed by atoms with Crippen molar-refractivity contribution < 1.29 is 21.6 Å². The molecule has 2 rings (SSSR count). The monoisotopic (exact) mass is 322 g/mol. The van der Waals surface area contributed by atoms with Crippen molar-refractivity contribution in [2.24, 2.45) is 11.1 Å². The van der Waals surface area contributed by atoms with Gasteiger partial charge >= 0.3 is 6.18 Å². The summed E-state index contributed by atoms with van der Waals surface area (Å²) in [6.45, 7) is 0. The Morgan fingerprint density at radius 3 is 2.29 bits per heavy atom. The molecule has 0 atom stereocenters. The molecular formula is C13H17F3N2O2S. The second kappa shape index (κ2) is 5.84. The third-order valence-corrected chi connectivity index (χ3v) is 4.63. The van der Waals surface area contributed by atoms with Crippen molar-refractivity contribution in [1.82, 2.24) is 0 Å². The van der Waals surface area contributed by atoms with Crippen molar-refractivity contribution in [3.8, 4) is 0 Å². The van der Waals surface area contributed by atoms with Crippen LogP contribution in [0.25, 0.3) is 0 Å². The lowest BCUT2D eigenvalue weighted by Crippen LogP contribution is -2.32. The number of sulfonamides is 1. The number of benzene rings is 1. The average molecular weight is 322 g/mol. The van der Waals surface area contributed by atoms with Crippen LogP contribution in [0.4, 0.5) is 18.9 Å². The van der Waals surface area contributed by atoms with Gasteiger partial charge in [-0.15, -0.1) is 0 Å². The van der Waals surface area contributed by atoms with Gasteiger partial charge in [-0.2, -0.15) is 13.2 Å². The molecule has 21 heavy (non-hydrogen) atoms. The minimum Gasteiger partial charge on any atom is -0.382 e. The molecule has 0 aromatic heterocycles. The van der Waals surface area contributed by atoms with Crippen LogP contribution in [0.15, 0.2) is 29.2 Å². The van der Waals surface area contributed by atoms with Gasteiger partial charge in [0.05, 0.1) is 10.8 Å². The number of primary sulfonamides is 1. The molecule has 1 aliphatic carbocycles. The molecule has 1 fully saturated rings. The van der Waals surface area contributed by atoms with Crippen LogP contribution in [0, 0.1) is 5.92 Å². The molecule has 0 saturated heterocycles. The largest absolute Gasteiger partial charge is 0.391 e. The molecule has 4 nitrogen and oxygen atoms in total. The van der Waals surface area contributed by atoms with Gasteiger partial charge in [0.15, 0.2) is 0 Å². The predicted molar refractivity (Wildman–Crippen MR) is 73.2 cm³/mol. The first-order valence-electron chi connectivity index (χ1n) is 6.62. The highest BCUT2D eigenvalue weighted by Crippen LogP contribution is 2.38. The second-order valence-electron chi connectivity index (χ2n) is 5.31. The Kier molecular flexibility index (Phi) is 4.48. The van der Waals surface area contributed by atoms with E-state index in [0.717, 1.165) is 0 Å². The number of anilines is 1. The molecule has 0 radical (unpaired) electrons. The third kappa shape index (κ3) is 4.34. The maximum atomic E-state index is 12.6. The Labute approximate surface area is 121 Å². The van der Waals surface area contributed by atoms with Crippen molar-refractivity contribution in [2.45, 2.75) is 42.8 Å². The van der Waals surface area contributed by atoms with Crippen LogP contribution in [0.2, 0.25) is 0 Å². The molecule has 118 valence electrons. The van der Waals surface area contributed by atoms with E-state index in [0.29, 0.717) is 18.5 Å². The average Bonchev–Trinajstić information content (AvgIpc) is 2.37. The molecule has 0 amide bonds. The van der Waals surface area contributed by atoms with E-state index in [9.17, 15) is 21.6 Å². The standard InChI is InChI=1S/C13H17F3N2O2S/c14-13(15,16)9-4-6-10(7-5-9)18-11-2-1-3-12(8-11)21(17,19)20/h1-3,8-10,18H,4-7H2,(H2,17,19,20). The van der Waals surface area contributed by atoms with E-state index in [1.807, 2.05) is 0 Å². The van der Waals surface area contributed by atoms with Gasteiger partial charge in [-0.3, -0.25) is 0 Å². The molecule has 1 saturated carbocycles. The first kappa shape index (κ1) is 16.1. The zero-order chi connectivity index (χ0) is 15.7. The fraction of sp³-hybridized carbons (Fsp3) is 0.538. The number of hydrogen-bond acceptors (Lipinski definition) is 3. The van der Waals surface area contributed by atoms with E-state index in [1.54, 1.807) is 12.1 Å². The van der Waals surface area contributed by atoms with E-state index in [2.05, 4.69) is 5.32 Å². The van der Waals surface area contributed by atoms with E-state index >= 15 is 0 Å². The van der Waals surface area contributed by atoms with Gasteiger partial charge in [0.1, 0.15) is 0 Å². The second-order valence-corrected chi connectivity index (χ2v) is 6.87. The Balaban J connectivity index is 1.98. The lowest BCUT2D eigenvalue weighted by molar-refractivity contribution is -0.182. The van der Waals surface area contributed by atoms with Crippen molar-refractivity contribution in [3.05, 3.63) is 24.3 Å². The van der Waals surface area contributed by atoms with E-state index < -0.39 is 22.1 Å². The Hall–Kier alpha value is -1.28. The zero-order valence-electron chi connectivity index (χ0n) is 11.2. The third-order valence-electron chi connectivity index (χ3n) is 3.72. The van der Waals surface area contributed by atoms with E-state index in [-0.39, 0.29) is 23.8 Å². The van der Waals surface area contributed by atoms with Crippen molar-refractivity contribution >= 4 is 15.7 Å². The molecule has 0 aliphatic heterocycles. The van der Waals surface area contributed by atoms with Gasteiger partial charge in [-0.05, 0) is 43.9 Å². The summed E-state index contributed by atoms with van der Waals surface area (Å²) in [6, 6.07) is 5.90. The van der Waals surface area contributed by atoms with Gasteiger partial charge < -0.3 is 5.32 Å². The number of hydrogen-bond donors (Lipinski definition) is 2. The lowest BCUT2D eigenvalue weighted by atomic mass is 9.85. The summed E-state index contributed by atoms with van der Waals surface area (Å²) >= 11 is 0. The van der Waals surface area contributed by atoms with Crippen LogP contribution < -0.4 is 10.5 Å². The molecule has 0 unspecified atom stereocenters. The first-order valence-corrected chi connectivity index (χ1v) is 8.17. The van der Waals surface area contributed by atoms with Gasteiger partial charge in [0.25, 0.3) is 0 Å². The summed E-state index contributed by atoms with van der Waals surface area (Å²) in [5.41, 5.74) is 0.553. The summed E-state index contributed by atoms with van der Waals surface area (Å²) in [5, 5.41) is 8.12. The van der Waals surface area contributed by atoms with Crippen molar-refractivity contribution in [2.75, 3.05) is 5.32 Å². The molecule has 1 aliphatic rings. The van der Waals surface area contributed by atoms with Crippen LogP contribution in [-0.4, -0.2) is 20.6 Å². The first-order chi connectivity index (χ1) is 9.66. The fourth-order valence-corrected chi connectivity index (χ4v) is 3.12. The molecule has 3 N–H and O–H groups in total. The van der Waals surface area contributed by atoms with Gasteiger partial charge in [0.2, 0.25) is 10.0 Å². The highest BCUT2D eigenvalue weighted by Gasteiger charge is 2.41. The number of nitrogens with two attached hydrogens (primary N) is 1. The van der Waals surface area contributed by atoms with Crippen LogP contribution >= 0.6 is 0 Å². The SMILES string of the molecule is NS(=O)(=O)c1cccc(NC2CCC(C(F)(F)F)CC2)c1. The normalized spacial score (nSPS) is 23.8. The summed E-state index contributed by atoms with van der Waals surface area (Å²) in [5.74, 6) is -1.23. The number of rotatable bonds is 3. The molecule has 8 heteroatoms. The predicted octanol–water partition coefficient (Wildman–Crippen LogP) is 2.87. The maximum Gasteiger partial charge on any atom is 0.391 e. The van der Waals surface area contributed by atoms with E-state index in [4.69, 9.17) is 5.14 Å². The molecule has 1 aromatic rings. The minimum atomic E-state index is -4.13. The van der Waals surface area contributed by atoms with Crippen molar-refractivity contribution in [3.63, 3.8) is 0 Å². The van der Waals surface area contributed by atoms with E-state index in [1.165, 1.54) is 12.1 Å². The van der Waals surface area contributed by atoms with Gasteiger partial charge in [0, 0.05) is 11.7 Å². The van der Waals surface area contributed by atoms with Crippen molar-refractivity contribution in [1.29, 1.82) is 0 Å². The highest BCUT2D eigenvalue weighted by atomic mass is 32.2. The number of halogens is 3. The molecular weight excluding hydrogens is 305 g/mol. The Bertz CT molecular complexity index is 594. The minimum absolute atomic E-state index is 0.0172. The quantitative estimate of drug-likeness (QED) is 0.899. The number of alkyl halides is 3. The van der Waals surface area contributed by atoms with Gasteiger partial charge in [-0.1, -0.05) is 6.07 Å². The lowest BCUT2D eigenvalue weighted by Gasteiger charge is -2.30. The maximum absolute atomic E-state index is 12.6. The summed E-state index contributed by atoms with van der Waals surface area (Å²) < 4.78 is 60.2. The topological polar surface area (TPSA) is 72.2 Å². The summed E-state index contributed by atoms with van der Waals surface area (Å²) in [6.07, 6.45) is -3.13. The van der Waals surface area contributed by atoms with Crippen LogP contribution in [0.3, 0.4) is 0 Å². The molecule has 0 bridgehead atoms. The zero-order valence-corrected chi connectivity index (χ0v) is 12.0. The highest BCUT2D eigenvalue weighted by molar-refractivity contribution is 7.89. The summed E-state index contributed by atoms with van der Waals surface area (Å²) in [4.78, 5) is -0.0172. The number of nitrogens with one attached hydrogen (secondary N) is 1. The fourth-order valence-electron chi connectivity index (χ4n) is 2.56. The Morgan fingerprint density at radius 2 is 1.76 bits per heavy atom. The van der Waals surface area contributed by atoms with Crippen LogP contribution in [0.1, 0.15) is 25.7 Å². The Morgan fingerprint density at radius 1 is 1.14 bits per heavy atom. The molecule has 0 heterocycles. The van der Waals surface area contributed by atoms with Crippen LogP contribution in [-0.2, 0) is 10.0 Å². The molecule has 0 spiro atoms. The molecule has 1 aromatic carbocycles. The van der Waals surface area contributed by atoms with Crippen LogP contribution in [0.5, 0.6) is 0 Å². The summed E-state index contributed by atoms with van der Waals surface area (Å²) in [7, 11) is -3.78. The smallest absolute Gasteiger partial charge is 0.382 e.